The monoisotopic (exact) mass is 315 g/mol. The fraction of sp³-hybridized carbons (Fsp3) is 0.385. The van der Waals surface area contributed by atoms with Crippen molar-refractivity contribution in [2.24, 2.45) is 0 Å². The van der Waals surface area contributed by atoms with E-state index in [1.807, 2.05) is 0 Å². The van der Waals surface area contributed by atoms with E-state index in [-0.39, 0.29) is 22.3 Å². The molecule has 0 saturated heterocycles. The Morgan fingerprint density at radius 1 is 1.33 bits per heavy atom. The lowest BCUT2D eigenvalue weighted by Gasteiger charge is -2.12. The molecule has 0 saturated carbocycles. The number of aromatic carboxylic acids is 1. The van der Waals surface area contributed by atoms with Gasteiger partial charge in [0.05, 0.1) is 12.7 Å². The second-order valence-electron chi connectivity index (χ2n) is 4.65. The minimum absolute atomic E-state index is 0.00246. The third-order valence-electron chi connectivity index (χ3n) is 2.52. The lowest BCUT2D eigenvalue weighted by Crippen LogP contribution is -2.35. The van der Waals surface area contributed by atoms with Crippen LogP contribution in [0.5, 0.6) is 5.75 Å². The van der Waals surface area contributed by atoms with Crippen molar-refractivity contribution in [2.45, 2.75) is 24.8 Å². The molecule has 0 aliphatic carbocycles. The lowest BCUT2D eigenvalue weighted by atomic mass is 10.2. The molecular formula is C13H17NO6S. The van der Waals surface area contributed by atoms with Crippen LogP contribution in [0, 0.1) is 0 Å². The Morgan fingerprint density at radius 3 is 2.43 bits per heavy atom. The number of sulfone groups is 1. The zero-order valence-electron chi connectivity index (χ0n) is 11.9. The highest BCUT2D eigenvalue weighted by molar-refractivity contribution is 7.92. The van der Waals surface area contributed by atoms with Crippen LogP contribution in [0.3, 0.4) is 0 Å². The minimum Gasteiger partial charge on any atom is -0.495 e. The molecule has 0 aliphatic heterocycles. The second kappa shape index (κ2) is 6.57. The highest BCUT2D eigenvalue weighted by Crippen LogP contribution is 2.26. The SMILES string of the molecule is COc1ccc(C(=O)O)cc1S(=O)(=O)CC(=O)NC(C)C. The molecule has 21 heavy (non-hydrogen) atoms. The maximum absolute atomic E-state index is 12.2. The Hall–Kier alpha value is -2.09. The van der Waals surface area contributed by atoms with Crippen LogP contribution in [-0.2, 0) is 14.6 Å². The zero-order chi connectivity index (χ0) is 16.2. The molecule has 0 heterocycles. The van der Waals surface area contributed by atoms with Crippen molar-refractivity contribution in [3.8, 4) is 5.75 Å². The van der Waals surface area contributed by atoms with Gasteiger partial charge in [-0.2, -0.15) is 0 Å². The Morgan fingerprint density at radius 2 is 1.95 bits per heavy atom. The first-order valence-electron chi connectivity index (χ1n) is 6.11. The average Bonchev–Trinajstić information content (AvgIpc) is 2.36. The highest BCUT2D eigenvalue weighted by atomic mass is 32.2. The van der Waals surface area contributed by atoms with Crippen LogP contribution >= 0.6 is 0 Å². The average molecular weight is 315 g/mol. The molecule has 1 aromatic rings. The van der Waals surface area contributed by atoms with Gasteiger partial charge in [-0.1, -0.05) is 0 Å². The first kappa shape index (κ1) is 17.0. The highest BCUT2D eigenvalue weighted by Gasteiger charge is 2.25. The van der Waals surface area contributed by atoms with Gasteiger partial charge in [0, 0.05) is 6.04 Å². The minimum atomic E-state index is -4.00. The number of amides is 1. The number of hydrogen-bond acceptors (Lipinski definition) is 5. The predicted molar refractivity (Wildman–Crippen MR) is 75.3 cm³/mol. The van der Waals surface area contributed by atoms with E-state index in [9.17, 15) is 18.0 Å². The largest absolute Gasteiger partial charge is 0.495 e. The summed E-state index contributed by atoms with van der Waals surface area (Å²) in [6, 6.07) is 3.27. The standard InChI is InChI=1S/C13H17NO6S/c1-8(2)14-12(15)7-21(18,19)11-6-9(13(16)17)4-5-10(11)20-3/h4-6,8H,7H2,1-3H3,(H,14,15)(H,16,17). The van der Waals surface area contributed by atoms with Gasteiger partial charge in [0.25, 0.3) is 0 Å². The quantitative estimate of drug-likeness (QED) is 0.799. The molecule has 116 valence electrons. The number of carbonyl (C=O) groups is 2. The van der Waals surface area contributed by atoms with Gasteiger partial charge in [-0.3, -0.25) is 4.79 Å². The van der Waals surface area contributed by atoms with Crippen LogP contribution in [0.25, 0.3) is 0 Å². The second-order valence-corrected chi connectivity index (χ2v) is 6.61. The number of benzene rings is 1. The summed E-state index contributed by atoms with van der Waals surface area (Å²) in [5, 5.41) is 11.4. The number of hydrogen-bond donors (Lipinski definition) is 2. The van der Waals surface area contributed by atoms with Crippen LogP contribution in [0.4, 0.5) is 0 Å². The lowest BCUT2D eigenvalue weighted by molar-refractivity contribution is -0.119. The van der Waals surface area contributed by atoms with Gasteiger partial charge in [0.1, 0.15) is 16.4 Å². The molecule has 1 rings (SSSR count). The molecule has 2 N–H and O–H groups in total. The first-order valence-corrected chi connectivity index (χ1v) is 7.76. The van der Waals surface area contributed by atoms with E-state index >= 15 is 0 Å². The van der Waals surface area contributed by atoms with Crippen LogP contribution < -0.4 is 10.1 Å². The summed E-state index contributed by atoms with van der Waals surface area (Å²) >= 11 is 0. The summed E-state index contributed by atoms with van der Waals surface area (Å²) in [5.41, 5.74) is -0.196. The number of methoxy groups -OCH3 is 1. The topological polar surface area (TPSA) is 110 Å². The van der Waals surface area contributed by atoms with Crippen molar-refractivity contribution in [3.05, 3.63) is 23.8 Å². The summed E-state index contributed by atoms with van der Waals surface area (Å²) in [6.45, 7) is 3.41. The van der Waals surface area contributed by atoms with Crippen molar-refractivity contribution in [1.29, 1.82) is 0 Å². The van der Waals surface area contributed by atoms with Crippen LogP contribution in [0.1, 0.15) is 24.2 Å². The summed E-state index contributed by atoms with van der Waals surface area (Å²) in [6.07, 6.45) is 0. The molecule has 0 radical (unpaired) electrons. The number of rotatable bonds is 6. The van der Waals surface area contributed by atoms with Gasteiger partial charge in [0.15, 0.2) is 9.84 Å². The van der Waals surface area contributed by atoms with E-state index < -0.39 is 27.5 Å². The summed E-state index contributed by atoms with van der Waals surface area (Å²) < 4.78 is 29.4. The maximum Gasteiger partial charge on any atom is 0.335 e. The predicted octanol–water partition coefficient (Wildman–Crippen LogP) is 0.692. The summed E-state index contributed by atoms with van der Waals surface area (Å²) in [5.74, 6) is -2.70. The normalized spacial score (nSPS) is 11.2. The molecule has 8 heteroatoms. The third kappa shape index (κ3) is 4.45. The first-order chi connectivity index (χ1) is 9.67. The summed E-state index contributed by atoms with van der Waals surface area (Å²) in [7, 11) is -2.74. The van der Waals surface area contributed by atoms with Crippen molar-refractivity contribution >= 4 is 21.7 Å². The zero-order valence-corrected chi connectivity index (χ0v) is 12.7. The number of nitrogens with one attached hydrogen (secondary N) is 1. The molecular weight excluding hydrogens is 298 g/mol. The Kier molecular flexibility index (Phi) is 5.31. The van der Waals surface area contributed by atoms with Crippen molar-refractivity contribution in [3.63, 3.8) is 0 Å². The fourth-order valence-corrected chi connectivity index (χ4v) is 3.02. The molecule has 0 atom stereocenters. The van der Waals surface area contributed by atoms with Crippen molar-refractivity contribution in [1.82, 2.24) is 5.32 Å². The van der Waals surface area contributed by atoms with Gasteiger partial charge < -0.3 is 15.2 Å². The van der Waals surface area contributed by atoms with Crippen molar-refractivity contribution < 1.29 is 27.9 Å². The molecule has 0 fully saturated rings. The van der Waals surface area contributed by atoms with Gasteiger partial charge >= 0.3 is 5.97 Å². The molecule has 1 aromatic carbocycles. The van der Waals surface area contributed by atoms with E-state index in [2.05, 4.69) is 5.32 Å². The molecule has 0 spiro atoms. The van der Waals surface area contributed by atoms with E-state index in [0.717, 1.165) is 6.07 Å². The van der Waals surface area contributed by atoms with E-state index in [1.54, 1.807) is 13.8 Å². The van der Waals surface area contributed by atoms with Crippen LogP contribution in [-0.4, -0.2) is 44.3 Å². The molecule has 1 amide bonds. The molecule has 0 bridgehead atoms. The molecule has 7 nitrogen and oxygen atoms in total. The van der Waals surface area contributed by atoms with Crippen LogP contribution in [0.2, 0.25) is 0 Å². The van der Waals surface area contributed by atoms with E-state index in [4.69, 9.17) is 9.84 Å². The summed E-state index contributed by atoms with van der Waals surface area (Å²) in [4.78, 5) is 22.2. The van der Waals surface area contributed by atoms with E-state index in [1.165, 1.54) is 19.2 Å². The number of carbonyl (C=O) groups excluding carboxylic acids is 1. The smallest absolute Gasteiger partial charge is 0.335 e. The fourth-order valence-electron chi connectivity index (χ4n) is 1.67. The van der Waals surface area contributed by atoms with Gasteiger partial charge in [0.2, 0.25) is 5.91 Å². The number of ether oxygens (including phenoxy) is 1. The molecule has 0 aromatic heterocycles. The van der Waals surface area contributed by atoms with Crippen molar-refractivity contribution in [2.75, 3.05) is 12.9 Å². The van der Waals surface area contributed by atoms with Crippen LogP contribution in [0.15, 0.2) is 23.1 Å². The Labute approximate surface area is 122 Å². The maximum atomic E-state index is 12.2. The van der Waals surface area contributed by atoms with Gasteiger partial charge in [-0.25, -0.2) is 13.2 Å². The number of carboxylic acid groups (broad SMARTS) is 1. The number of carboxylic acids is 1. The Balaban J connectivity index is 3.20. The van der Waals surface area contributed by atoms with E-state index in [0.29, 0.717) is 0 Å². The third-order valence-corrected chi connectivity index (χ3v) is 4.15. The molecule has 0 unspecified atom stereocenters. The Bertz CT molecular complexity index is 651. The molecule has 0 aliphatic rings. The van der Waals surface area contributed by atoms with Gasteiger partial charge in [-0.15, -0.1) is 0 Å². The van der Waals surface area contributed by atoms with Gasteiger partial charge in [-0.05, 0) is 32.0 Å².